The van der Waals surface area contributed by atoms with Gasteiger partial charge in [0.2, 0.25) is 0 Å². The smallest absolute Gasteiger partial charge is 0.353 e. The maximum absolute atomic E-state index is 10.8. The summed E-state index contributed by atoms with van der Waals surface area (Å²) in [6.45, 7) is 0. The largest absolute Gasteiger partial charge is 0.477 e. The number of hydrogen-bond donors (Lipinski definition) is 2. The third-order valence-corrected chi connectivity index (χ3v) is 2.46. The lowest BCUT2D eigenvalue weighted by Gasteiger charge is -1.93. The Balaban J connectivity index is 2.92. The van der Waals surface area contributed by atoms with Crippen LogP contribution >= 0.6 is 11.6 Å². The number of carboxylic acids is 1. The molecular formula is C10H6ClNO3. The van der Waals surface area contributed by atoms with Crippen molar-refractivity contribution in [3.05, 3.63) is 34.5 Å². The van der Waals surface area contributed by atoms with Gasteiger partial charge < -0.3 is 10.1 Å². The van der Waals surface area contributed by atoms with E-state index in [1.54, 1.807) is 18.2 Å². The molecule has 5 heteroatoms. The lowest BCUT2D eigenvalue weighted by Crippen LogP contribution is -2.00. The Hall–Kier alpha value is -1.81. The Morgan fingerprint density at radius 3 is 2.80 bits per heavy atom. The number of fused-ring (bicyclic) bond motifs is 1. The first-order chi connectivity index (χ1) is 7.15. The highest BCUT2D eigenvalue weighted by Gasteiger charge is 2.17. The molecule has 0 saturated carbocycles. The molecule has 0 amide bonds. The van der Waals surface area contributed by atoms with Crippen LogP contribution in [0.3, 0.4) is 0 Å². The second-order valence-electron chi connectivity index (χ2n) is 3.00. The van der Waals surface area contributed by atoms with E-state index in [9.17, 15) is 9.59 Å². The van der Waals surface area contributed by atoms with Gasteiger partial charge in [0.15, 0.2) is 6.29 Å². The van der Waals surface area contributed by atoms with E-state index in [1.165, 1.54) is 0 Å². The van der Waals surface area contributed by atoms with Crippen LogP contribution in [0.2, 0.25) is 5.02 Å². The van der Waals surface area contributed by atoms with Gasteiger partial charge in [0, 0.05) is 10.9 Å². The summed E-state index contributed by atoms with van der Waals surface area (Å²) in [4.78, 5) is 24.3. The van der Waals surface area contributed by atoms with Crippen LogP contribution in [0, 0.1) is 0 Å². The summed E-state index contributed by atoms with van der Waals surface area (Å²) in [5.74, 6) is -1.18. The topological polar surface area (TPSA) is 70.2 Å². The number of rotatable bonds is 2. The van der Waals surface area contributed by atoms with Crippen molar-refractivity contribution in [2.75, 3.05) is 0 Å². The van der Waals surface area contributed by atoms with E-state index < -0.39 is 5.97 Å². The van der Waals surface area contributed by atoms with Crippen molar-refractivity contribution in [2.24, 2.45) is 0 Å². The molecular weight excluding hydrogens is 218 g/mol. The molecule has 1 aromatic heterocycles. The highest BCUT2D eigenvalue weighted by Crippen LogP contribution is 2.28. The number of benzene rings is 1. The zero-order valence-electron chi connectivity index (χ0n) is 7.45. The van der Waals surface area contributed by atoms with Crippen LogP contribution in [-0.2, 0) is 0 Å². The molecule has 0 aliphatic heterocycles. The van der Waals surface area contributed by atoms with Crippen molar-refractivity contribution >= 4 is 34.8 Å². The Labute approximate surface area is 89.5 Å². The van der Waals surface area contributed by atoms with Crippen molar-refractivity contribution in [3.63, 3.8) is 0 Å². The summed E-state index contributed by atoms with van der Waals surface area (Å²) < 4.78 is 0. The van der Waals surface area contributed by atoms with E-state index in [1.807, 2.05) is 0 Å². The number of carbonyl (C=O) groups is 2. The Kier molecular flexibility index (Phi) is 2.21. The van der Waals surface area contributed by atoms with Crippen molar-refractivity contribution < 1.29 is 14.7 Å². The number of aldehydes is 1. The molecule has 1 aromatic carbocycles. The van der Waals surface area contributed by atoms with Crippen molar-refractivity contribution in [3.8, 4) is 0 Å². The number of aromatic amines is 1. The van der Waals surface area contributed by atoms with Crippen LogP contribution in [0.15, 0.2) is 18.2 Å². The number of aromatic nitrogens is 1. The summed E-state index contributed by atoms with van der Waals surface area (Å²) in [5.41, 5.74) is 0.498. The van der Waals surface area contributed by atoms with Gasteiger partial charge in [0.1, 0.15) is 5.69 Å². The van der Waals surface area contributed by atoms with Crippen LogP contribution in [0.25, 0.3) is 10.9 Å². The molecule has 2 aromatic rings. The normalized spacial score (nSPS) is 10.5. The fourth-order valence-electron chi connectivity index (χ4n) is 1.52. The summed E-state index contributed by atoms with van der Waals surface area (Å²) in [6, 6.07) is 4.96. The summed E-state index contributed by atoms with van der Waals surface area (Å²) in [7, 11) is 0. The van der Waals surface area contributed by atoms with E-state index >= 15 is 0 Å². The second-order valence-corrected chi connectivity index (χ2v) is 3.41. The fraction of sp³-hybridized carbons (Fsp3) is 0. The van der Waals surface area contributed by atoms with Crippen LogP contribution < -0.4 is 0 Å². The van der Waals surface area contributed by atoms with Gasteiger partial charge in [-0.3, -0.25) is 4.79 Å². The molecule has 0 radical (unpaired) electrons. The van der Waals surface area contributed by atoms with Crippen molar-refractivity contribution in [2.45, 2.75) is 0 Å². The molecule has 76 valence electrons. The number of carbonyl (C=O) groups excluding carboxylic acids is 1. The zero-order chi connectivity index (χ0) is 11.0. The molecule has 0 atom stereocenters. The molecule has 2 rings (SSSR count). The highest BCUT2D eigenvalue weighted by molar-refractivity contribution is 6.36. The average Bonchev–Trinajstić information content (AvgIpc) is 2.57. The van der Waals surface area contributed by atoms with E-state index in [2.05, 4.69) is 4.98 Å². The number of carboxylic acid groups (broad SMARTS) is 1. The third-order valence-electron chi connectivity index (χ3n) is 2.14. The number of nitrogens with one attached hydrogen (secondary N) is 1. The molecule has 15 heavy (non-hydrogen) atoms. The van der Waals surface area contributed by atoms with E-state index in [0.29, 0.717) is 22.2 Å². The Bertz CT molecular complexity index is 559. The first-order valence-corrected chi connectivity index (χ1v) is 4.51. The van der Waals surface area contributed by atoms with Gasteiger partial charge in [0.25, 0.3) is 0 Å². The van der Waals surface area contributed by atoms with Gasteiger partial charge in [0.05, 0.1) is 10.6 Å². The maximum Gasteiger partial charge on any atom is 0.353 e. The van der Waals surface area contributed by atoms with Gasteiger partial charge in [-0.15, -0.1) is 0 Å². The summed E-state index contributed by atoms with van der Waals surface area (Å²) >= 11 is 5.89. The molecule has 0 aliphatic rings. The molecule has 0 saturated heterocycles. The minimum atomic E-state index is -1.18. The third kappa shape index (κ3) is 1.39. The minimum Gasteiger partial charge on any atom is -0.477 e. The number of H-pyrrole nitrogens is 1. The minimum absolute atomic E-state index is 0.0862. The van der Waals surface area contributed by atoms with Crippen LogP contribution in [-0.4, -0.2) is 22.3 Å². The fourth-order valence-corrected chi connectivity index (χ4v) is 1.79. The molecule has 0 fully saturated rings. The first kappa shape index (κ1) is 9.73. The lowest BCUT2D eigenvalue weighted by molar-refractivity contribution is 0.0688. The Morgan fingerprint density at radius 2 is 2.20 bits per heavy atom. The summed E-state index contributed by atoms with van der Waals surface area (Å²) in [5, 5.41) is 9.67. The van der Waals surface area contributed by atoms with Crippen LogP contribution in [0.5, 0.6) is 0 Å². The van der Waals surface area contributed by atoms with Crippen LogP contribution in [0.4, 0.5) is 0 Å². The van der Waals surface area contributed by atoms with Gasteiger partial charge in [-0.25, -0.2) is 4.79 Å². The predicted molar refractivity (Wildman–Crippen MR) is 55.7 cm³/mol. The van der Waals surface area contributed by atoms with Gasteiger partial charge >= 0.3 is 5.97 Å². The first-order valence-electron chi connectivity index (χ1n) is 4.14. The number of halogens is 1. The summed E-state index contributed by atoms with van der Waals surface area (Å²) in [6.07, 6.45) is 0.494. The number of hydrogen-bond acceptors (Lipinski definition) is 2. The lowest BCUT2D eigenvalue weighted by atomic mass is 10.1. The quantitative estimate of drug-likeness (QED) is 0.768. The highest BCUT2D eigenvalue weighted by atomic mass is 35.5. The molecule has 0 aliphatic carbocycles. The molecule has 0 bridgehead atoms. The molecule has 1 heterocycles. The Morgan fingerprint density at radius 1 is 1.47 bits per heavy atom. The molecule has 0 unspecified atom stereocenters. The van der Waals surface area contributed by atoms with Crippen molar-refractivity contribution in [1.82, 2.24) is 4.98 Å². The SMILES string of the molecule is O=Cc1c(C(=O)O)[nH]c2cccc(Cl)c12. The van der Waals surface area contributed by atoms with E-state index in [4.69, 9.17) is 16.7 Å². The van der Waals surface area contributed by atoms with Gasteiger partial charge in [-0.05, 0) is 12.1 Å². The standard InChI is InChI=1S/C10H6ClNO3/c11-6-2-1-3-7-8(6)5(4-13)9(12-7)10(14)15/h1-4,12H,(H,14,15). The maximum atomic E-state index is 10.8. The second kappa shape index (κ2) is 3.40. The van der Waals surface area contributed by atoms with Gasteiger partial charge in [-0.2, -0.15) is 0 Å². The zero-order valence-corrected chi connectivity index (χ0v) is 8.21. The van der Waals surface area contributed by atoms with E-state index in [-0.39, 0.29) is 11.3 Å². The molecule has 2 N–H and O–H groups in total. The predicted octanol–water partition coefficient (Wildman–Crippen LogP) is 2.33. The monoisotopic (exact) mass is 223 g/mol. The number of aromatic carboxylic acids is 1. The van der Waals surface area contributed by atoms with Gasteiger partial charge in [-0.1, -0.05) is 17.7 Å². The molecule has 0 spiro atoms. The molecule has 4 nitrogen and oxygen atoms in total. The average molecular weight is 224 g/mol. The van der Waals surface area contributed by atoms with Crippen LogP contribution in [0.1, 0.15) is 20.8 Å². The van der Waals surface area contributed by atoms with E-state index in [0.717, 1.165) is 0 Å². The van der Waals surface area contributed by atoms with Crippen molar-refractivity contribution in [1.29, 1.82) is 0 Å².